The molecule has 0 saturated heterocycles. The third-order valence-corrected chi connectivity index (χ3v) is 4.80. The van der Waals surface area contributed by atoms with Gasteiger partial charge >= 0.3 is 0 Å². The zero-order valence-electron chi connectivity index (χ0n) is 13.9. The van der Waals surface area contributed by atoms with Gasteiger partial charge in [0, 0.05) is 17.3 Å². The largest absolute Gasteiger partial charge is 0.346 e. The van der Waals surface area contributed by atoms with Crippen LogP contribution in [0.5, 0.6) is 0 Å². The Morgan fingerprint density at radius 1 is 1.08 bits per heavy atom. The Balaban J connectivity index is 2.05. The lowest BCUT2D eigenvalue weighted by Gasteiger charge is -2.20. The van der Waals surface area contributed by atoms with Gasteiger partial charge in [-0.15, -0.1) is 0 Å². The van der Waals surface area contributed by atoms with E-state index in [1.54, 1.807) is 33.0 Å². The minimum atomic E-state index is -3.61. The van der Waals surface area contributed by atoms with Gasteiger partial charge in [-0.1, -0.05) is 6.07 Å². The Kier molecular flexibility index (Phi) is 5.36. The molecule has 24 heavy (non-hydrogen) atoms. The maximum atomic E-state index is 12.2. The van der Waals surface area contributed by atoms with Gasteiger partial charge in [-0.3, -0.25) is 9.78 Å². The van der Waals surface area contributed by atoms with Crippen LogP contribution < -0.4 is 10.0 Å². The highest BCUT2D eigenvalue weighted by Crippen LogP contribution is 2.14. The highest BCUT2D eigenvalue weighted by atomic mass is 32.2. The minimum absolute atomic E-state index is 0.124. The predicted molar refractivity (Wildman–Crippen MR) is 91.9 cm³/mol. The fourth-order valence-electron chi connectivity index (χ4n) is 2.02. The van der Waals surface area contributed by atoms with Crippen molar-refractivity contribution in [1.29, 1.82) is 0 Å². The Labute approximate surface area is 142 Å². The number of carbonyl (C=O) groups is 1. The lowest BCUT2D eigenvalue weighted by molar-refractivity contribution is 0.0950. The molecule has 0 aliphatic carbocycles. The lowest BCUT2D eigenvalue weighted by Crippen LogP contribution is -2.40. The molecule has 0 spiro atoms. The second-order valence-corrected chi connectivity index (χ2v) is 8.07. The van der Waals surface area contributed by atoms with E-state index in [-0.39, 0.29) is 10.8 Å². The number of sulfonamides is 1. The van der Waals surface area contributed by atoms with Crippen LogP contribution in [0.3, 0.4) is 0 Å². The molecule has 1 amide bonds. The third-order valence-electron chi connectivity index (χ3n) is 3.02. The second-order valence-electron chi connectivity index (χ2n) is 6.38. The summed E-state index contributed by atoms with van der Waals surface area (Å²) in [6.45, 7) is 5.61. The van der Waals surface area contributed by atoms with Crippen molar-refractivity contribution in [2.75, 3.05) is 0 Å². The molecular weight excluding hydrogens is 326 g/mol. The van der Waals surface area contributed by atoms with E-state index in [0.717, 1.165) is 5.69 Å². The first-order valence-electron chi connectivity index (χ1n) is 7.49. The van der Waals surface area contributed by atoms with Gasteiger partial charge in [-0.2, -0.15) is 0 Å². The summed E-state index contributed by atoms with van der Waals surface area (Å²) in [6, 6.07) is 11.3. The molecule has 0 unspecified atom stereocenters. The summed E-state index contributed by atoms with van der Waals surface area (Å²) >= 11 is 0. The molecule has 7 heteroatoms. The molecule has 128 valence electrons. The van der Waals surface area contributed by atoms with Gasteiger partial charge < -0.3 is 5.32 Å². The van der Waals surface area contributed by atoms with Crippen molar-refractivity contribution in [1.82, 2.24) is 15.0 Å². The summed E-state index contributed by atoms with van der Waals surface area (Å²) in [7, 11) is -3.61. The lowest BCUT2D eigenvalue weighted by atomic mass is 10.1. The van der Waals surface area contributed by atoms with Crippen LogP contribution in [0.2, 0.25) is 0 Å². The first-order chi connectivity index (χ1) is 11.2. The van der Waals surface area contributed by atoms with Crippen molar-refractivity contribution >= 4 is 15.9 Å². The van der Waals surface area contributed by atoms with E-state index in [1.807, 2.05) is 12.1 Å². The number of hydrogen-bond donors (Lipinski definition) is 2. The van der Waals surface area contributed by atoms with E-state index >= 15 is 0 Å². The SMILES string of the molecule is CC(C)(C)NS(=O)(=O)c1ccc(C(=O)NCc2ccccn2)cc1. The Morgan fingerprint density at radius 2 is 1.75 bits per heavy atom. The Morgan fingerprint density at radius 3 is 2.29 bits per heavy atom. The normalized spacial score (nSPS) is 12.0. The molecule has 0 atom stereocenters. The summed E-state index contributed by atoms with van der Waals surface area (Å²) < 4.78 is 27.0. The first-order valence-corrected chi connectivity index (χ1v) is 8.98. The molecule has 2 rings (SSSR count). The van der Waals surface area contributed by atoms with Crippen LogP contribution in [0, 0.1) is 0 Å². The van der Waals surface area contributed by atoms with Gasteiger partial charge in [0.25, 0.3) is 5.91 Å². The quantitative estimate of drug-likeness (QED) is 0.867. The average Bonchev–Trinajstić information content (AvgIpc) is 2.51. The van der Waals surface area contributed by atoms with Gasteiger partial charge in [-0.05, 0) is 57.2 Å². The van der Waals surface area contributed by atoms with E-state index in [0.29, 0.717) is 12.1 Å². The number of amides is 1. The maximum absolute atomic E-state index is 12.2. The summed E-state index contributed by atoms with van der Waals surface area (Å²) in [5.74, 6) is -0.284. The van der Waals surface area contributed by atoms with Crippen molar-refractivity contribution < 1.29 is 13.2 Å². The highest BCUT2D eigenvalue weighted by Gasteiger charge is 2.22. The molecule has 0 saturated carbocycles. The maximum Gasteiger partial charge on any atom is 0.251 e. The molecule has 0 aliphatic heterocycles. The van der Waals surface area contributed by atoms with Crippen LogP contribution in [0.1, 0.15) is 36.8 Å². The number of rotatable bonds is 5. The predicted octanol–water partition coefficient (Wildman–Crippen LogP) is 2.09. The molecule has 1 aromatic heterocycles. The fourth-order valence-corrected chi connectivity index (χ4v) is 3.44. The third kappa shape index (κ3) is 5.14. The molecule has 0 bridgehead atoms. The van der Waals surface area contributed by atoms with Crippen LogP contribution in [0.25, 0.3) is 0 Å². The molecular formula is C17H21N3O3S. The minimum Gasteiger partial charge on any atom is -0.346 e. The van der Waals surface area contributed by atoms with E-state index < -0.39 is 15.6 Å². The van der Waals surface area contributed by atoms with Crippen molar-refractivity contribution in [3.63, 3.8) is 0 Å². The summed E-state index contributed by atoms with van der Waals surface area (Å²) in [5, 5.41) is 2.75. The number of hydrogen-bond acceptors (Lipinski definition) is 4. The summed E-state index contributed by atoms with van der Waals surface area (Å²) in [4.78, 5) is 16.4. The van der Waals surface area contributed by atoms with E-state index in [1.165, 1.54) is 24.3 Å². The smallest absolute Gasteiger partial charge is 0.251 e. The number of nitrogens with zero attached hydrogens (tertiary/aromatic N) is 1. The number of pyridine rings is 1. The van der Waals surface area contributed by atoms with Gasteiger partial charge in [0.1, 0.15) is 0 Å². The molecule has 0 radical (unpaired) electrons. The number of nitrogens with one attached hydrogen (secondary N) is 2. The molecule has 1 aromatic carbocycles. The van der Waals surface area contributed by atoms with Crippen LogP contribution in [-0.4, -0.2) is 24.8 Å². The summed E-state index contributed by atoms with van der Waals surface area (Å²) in [5.41, 5.74) is 0.567. The summed E-state index contributed by atoms with van der Waals surface area (Å²) in [6.07, 6.45) is 1.66. The molecule has 2 N–H and O–H groups in total. The van der Waals surface area contributed by atoms with Crippen molar-refractivity contribution in [3.8, 4) is 0 Å². The van der Waals surface area contributed by atoms with E-state index in [2.05, 4.69) is 15.0 Å². The average molecular weight is 347 g/mol. The van der Waals surface area contributed by atoms with E-state index in [4.69, 9.17) is 0 Å². The molecule has 1 heterocycles. The zero-order valence-corrected chi connectivity index (χ0v) is 14.7. The van der Waals surface area contributed by atoms with Gasteiger partial charge in [0.2, 0.25) is 10.0 Å². The fraction of sp³-hybridized carbons (Fsp3) is 0.294. The zero-order chi connectivity index (χ0) is 17.8. The van der Waals surface area contributed by atoms with Crippen molar-refractivity contribution in [2.45, 2.75) is 37.8 Å². The monoisotopic (exact) mass is 347 g/mol. The number of aromatic nitrogens is 1. The number of carbonyl (C=O) groups excluding carboxylic acids is 1. The first kappa shape index (κ1) is 18.1. The van der Waals surface area contributed by atoms with Crippen LogP contribution in [0.4, 0.5) is 0 Å². The molecule has 6 nitrogen and oxygen atoms in total. The van der Waals surface area contributed by atoms with Gasteiger partial charge in [0.15, 0.2) is 0 Å². The molecule has 0 fully saturated rings. The van der Waals surface area contributed by atoms with Crippen LogP contribution in [-0.2, 0) is 16.6 Å². The highest BCUT2D eigenvalue weighted by molar-refractivity contribution is 7.89. The van der Waals surface area contributed by atoms with Crippen molar-refractivity contribution in [3.05, 3.63) is 59.9 Å². The van der Waals surface area contributed by atoms with Crippen LogP contribution >= 0.6 is 0 Å². The van der Waals surface area contributed by atoms with Crippen molar-refractivity contribution in [2.24, 2.45) is 0 Å². The Hall–Kier alpha value is -2.25. The Bertz CT molecular complexity index is 795. The van der Waals surface area contributed by atoms with Gasteiger partial charge in [0.05, 0.1) is 17.1 Å². The van der Waals surface area contributed by atoms with E-state index in [9.17, 15) is 13.2 Å². The topological polar surface area (TPSA) is 88.2 Å². The molecule has 2 aromatic rings. The molecule has 0 aliphatic rings. The van der Waals surface area contributed by atoms with Gasteiger partial charge in [-0.25, -0.2) is 13.1 Å². The van der Waals surface area contributed by atoms with Crippen LogP contribution in [0.15, 0.2) is 53.6 Å². The number of benzene rings is 1. The standard InChI is InChI=1S/C17H21N3O3S/c1-17(2,3)20-24(22,23)15-9-7-13(8-10-15)16(21)19-12-14-6-4-5-11-18-14/h4-11,20H,12H2,1-3H3,(H,19,21). The second kappa shape index (κ2) is 7.11.